The first-order valence-electron chi connectivity index (χ1n) is 6.99. The number of amides is 1. The van der Waals surface area contributed by atoms with Gasteiger partial charge in [0.15, 0.2) is 0 Å². The van der Waals surface area contributed by atoms with E-state index in [2.05, 4.69) is 0 Å². The summed E-state index contributed by atoms with van der Waals surface area (Å²) in [6, 6.07) is 1.67. The van der Waals surface area contributed by atoms with Gasteiger partial charge in [-0.3, -0.25) is 19.7 Å². The van der Waals surface area contributed by atoms with Gasteiger partial charge in [0.2, 0.25) is 0 Å². The number of benzene rings is 1. The lowest BCUT2D eigenvalue weighted by atomic mass is 9.97. The van der Waals surface area contributed by atoms with Crippen LogP contribution in [0.15, 0.2) is 18.2 Å². The maximum atomic E-state index is 12.7. The number of carbonyl (C=O) groups is 2. The molecule has 10 heteroatoms. The van der Waals surface area contributed by atoms with Gasteiger partial charge in [-0.2, -0.15) is 13.2 Å². The second-order valence-electron chi connectivity index (χ2n) is 5.42. The van der Waals surface area contributed by atoms with Gasteiger partial charge < -0.3 is 10.0 Å². The number of hydrogen-bond acceptors (Lipinski definition) is 4. The minimum atomic E-state index is -4.77. The van der Waals surface area contributed by atoms with Crippen LogP contribution in [-0.4, -0.2) is 39.9 Å². The minimum Gasteiger partial charge on any atom is -0.481 e. The molecule has 1 heterocycles. The Labute approximate surface area is 133 Å². The zero-order valence-corrected chi connectivity index (χ0v) is 12.2. The highest BCUT2D eigenvalue weighted by atomic mass is 19.4. The van der Waals surface area contributed by atoms with Crippen molar-refractivity contribution in [1.82, 2.24) is 4.90 Å². The van der Waals surface area contributed by atoms with Crippen molar-refractivity contribution < 1.29 is 32.8 Å². The molecule has 1 saturated heterocycles. The van der Waals surface area contributed by atoms with Gasteiger partial charge in [-0.15, -0.1) is 0 Å². The molecule has 130 valence electrons. The molecule has 1 fully saturated rings. The molecule has 1 atom stereocenters. The Balaban J connectivity index is 2.35. The van der Waals surface area contributed by atoms with Gasteiger partial charge in [0, 0.05) is 19.2 Å². The lowest BCUT2D eigenvalue weighted by molar-refractivity contribution is -0.385. The van der Waals surface area contributed by atoms with Gasteiger partial charge in [-0.05, 0) is 25.0 Å². The standard InChI is InChI=1S/C14H13F3N2O5/c15-14(16,17)9-3-4-10(11(6-9)19(23)24)12(20)18-5-1-2-8(7-18)13(21)22/h3-4,6,8H,1-2,5,7H2,(H,21,22). The Morgan fingerprint density at radius 2 is 2.00 bits per heavy atom. The van der Waals surface area contributed by atoms with Crippen molar-refractivity contribution in [3.63, 3.8) is 0 Å². The fourth-order valence-corrected chi connectivity index (χ4v) is 2.57. The third-order valence-corrected chi connectivity index (χ3v) is 3.81. The highest BCUT2D eigenvalue weighted by Crippen LogP contribution is 2.33. The number of hydrogen-bond donors (Lipinski definition) is 1. The number of carbonyl (C=O) groups excluding carboxylic acids is 1. The van der Waals surface area contributed by atoms with Crippen LogP contribution in [0.1, 0.15) is 28.8 Å². The first-order valence-corrected chi connectivity index (χ1v) is 6.99. The number of nitro groups is 1. The predicted octanol–water partition coefficient (Wildman–Crippen LogP) is 2.55. The summed E-state index contributed by atoms with van der Waals surface area (Å²) >= 11 is 0. The number of alkyl halides is 3. The zero-order valence-electron chi connectivity index (χ0n) is 12.2. The molecule has 7 nitrogen and oxygen atoms in total. The largest absolute Gasteiger partial charge is 0.481 e. The molecule has 0 saturated carbocycles. The Morgan fingerprint density at radius 3 is 2.54 bits per heavy atom. The van der Waals surface area contributed by atoms with Gasteiger partial charge in [0.1, 0.15) is 5.56 Å². The van der Waals surface area contributed by atoms with Crippen LogP contribution in [0.5, 0.6) is 0 Å². The maximum Gasteiger partial charge on any atom is 0.416 e. The van der Waals surface area contributed by atoms with E-state index in [0.717, 1.165) is 11.0 Å². The zero-order chi connectivity index (χ0) is 18.1. The van der Waals surface area contributed by atoms with E-state index >= 15 is 0 Å². The molecule has 1 aromatic carbocycles. The summed E-state index contributed by atoms with van der Waals surface area (Å²) < 4.78 is 38.0. The van der Waals surface area contributed by atoms with Crippen LogP contribution >= 0.6 is 0 Å². The molecule has 1 aromatic rings. The molecule has 24 heavy (non-hydrogen) atoms. The number of aliphatic carboxylic acids is 1. The lowest BCUT2D eigenvalue weighted by Gasteiger charge is -2.30. The second kappa shape index (κ2) is 6.46. The fourth-order valence-electron chi connectivity index (χ4n) is 2.57. The highest BCUT2D eigenvalue weighted by molar-refractivity contribution is 5.98. The number of likely N-dealkylation sites (tertiary alicyclic amines) is 1. The Morgan fingerprint density at radius 1 is 1.33 bits per heavy atom. The van der Waals surface area contributed by atoms with Crippen LogP contribution < -0.4 is 0 Å². The second-order valence-corrected chi connectivity index (χ2v) is 5.42. The molecule has 0 radical (unpaired) electrons. The van der Waals surface area contributed by atoms with Crippen LogP contribution in [0.3, 0.4) is 0 Å². The van der Waals surface area contributed by atoms with E-state index in [9.17, 15) is 32.9 Å². The van der Waals surface area contributed by atoms with Crippen LogP contribution in [0.4, 0.5) is 18.9 Å². The molecule has 1 aliphatic heterocycles. The van der Waals surface area contributed by atoms with E-state index in [1.165, 1.54) is 0 Å². The molecular formula is C14H13F3N2O5. The number of halogens is 3. The normalized spacial score (nSPS) is 18.3. The van der Waals surface area contributed by atoms with Crippen LogP contribution in [0, 0.1) is 16.0 Å². The average molecular weight is 346 g/mol. The van der Waals surface area contributed by atoms with E-state index < -0.39 is 45.7 Å². The fraction of sp³-hybridized carbons (Fsp3) is 0.429. The average Bonchev–Trinajstić information content (AvgIpc) is 2.52. The molecule has 0 aliphatic carbocycles. The molecular weight excluding hydrogens is 333 g/mol. The lowest BCUT2D eigenvalue weighted by Crippen LogP contribution is -2.42. The quantitative estimate of drug-likeness (QED) is 0.669. The number of nitrogens with zero attached hydrogens (tertiary/aromatic N) is 2. The first-order chi connectivity index (χ1) is 11.1. The molecule has 1 unspecified atom stereocenters. The van der Waals surface area contributed by atoms with Crippen molar-refractivity contribution in [1.29, 1.82) is 0 Å². The van der Waals surface area contributed by atoms with E-state index in [0.29, 0.717) is 25.0 Å². The van der Waals surface area contributed by atoms with Crippen molar-refractivity contribution in [2.24, 2.45) is 5.92 Å². The summed E-state index contributed by atoms with van der Waals surface area (Å²) in [5, 5.41) is 20.0. The molecule has 2 rings (SSSR count). The third-order valence-electron chi connectivity index (χ3n) is 3.81. The minimum absolute atomic E-state index is 0.133. The Bertz CT molecular complexity index is 689. The highest BCUT2D eigenvalue weighted by Gasteiger charge is 2.36. The first kappa shape index (κ1) is 17.7. The van der Waals surface area contributed by atoms with Gasteiger partial charge in [0.05, 0.1) is 16.4 Å². The van der Waals surface area contributed by atoms with Crippen LogP contribution in [0.25, 0.3) is 0 Å². The van der Waals surface area contributed by atoms with Gasteiger partial charge >= 0.3 is 12.1 Å². The number of piperidine rings is 1. The molecule has 1 aliphatic rings. The summed E-state index contributed by atoms with van der Waals surface area (Å²) in [6.07, 6.45) is -4.00. The molecule has 0 bridgehead atoms. The van der Waals surface area contributed by atoms with Gasteiger partial charge in [-0.1, -0.05) is 0 Å². The SMILES string of the molecule is O=C(O)C1CCCN(C(=O)c2ccc(C(F)(F)F)cc2[N+](=O)[O-])C1. The van der Waals surface area contributed by atoms with E-state index in [1.54, 1.807) is 0 Å². The van der Waals surface area contributed by atoms with Crippen molar-refractivity contribution in [3.05, 3.63) is 39.4 Å². The molecule has 0 aromatic heterocycles. The number of carboxylic acid groups (broad SMARTS) is 1. The van der Waals surface area contributed by atoms with Crippen molar-refractivity contribution in [2.75, 3.05) is 13.1 Å². The van der Waals surface area contributed by atoms with Crippen molar-refractivity contribution >= 4 is 17.6 Å². The Hall–Kier alpha value is -2.65. The van der Waals surface area contributed by atoms with Crippen molar-refractivity contribution in [3.8, 4) is 0 Å². The van der Waals surface area contributed by atoms with Crippen LogP contribution in [-0.2, 0) is 11.0 Å². The summed E-state index contributed by atoms with van der Waals surface area (Å²) in [6.45, 7) is 0.0626. The third kappa shape index (κ3) is 3.63. The molecule has 1 amide bonds. The van der Waals surface area contributed by atoms with E-state index in [4.69, 9.17) is 5.11 Å². The van der Waals surface area contributed by atoms with Gasteiger partial charge in [-0.25, -0.2) is 0 Å². The number of nitro benzene ring substituents is 1. The Kier molecular flexibility index (Phi) is 4.76. The maximum absolute atomic E-state index is 12.7. The summed E-state index contributed by atoms with van der Waals surface area (Å²) in [5.74, 6) is -2.73. The molecule has 1 N–H and O–H groups in total. The monoisotopic (exact) mass is 346 g/mol. The smallest absolute Gasteiger partial charge is 0.416 e. The van der Waals surface area contributed by atoms with E-state index in [-0.39, 0.29) is 13.1 Å². The predicted molar refractivity (Wildman–Crippen MR) is 74.4 cm³/mol. The molecule has 0 spiro atoms. The summed E-state index contributed by atoms with van der Waals surface area (Å²) in [5.41, 5.74) is -2.67. The summed E-state index contributed by atoms with van der Waals surface area (Å²) in [7, 11) is 0. The van der Waals surface area contributed by atoms with Crippen LogP contribution in [0.2, 0.25) is 0 Å². The van der Waals surface area contributed by atoms with Crippen molar-refractivity contribution in [2.45, 2.75) is 19.0 Å². The van der Waals surface area contributed by atoms with E-state index in [1.807, 2.05) is 0 Å². The topological polar surface area (TPSA) is 101 Å². The summed E-state index contributed by atoms with van der Waals surface area (Å²) in [4.78, 5) is 34.5. The van der Waals surface area contributed by atoms with Gasteiger partial charge in [0.25, 0.3) is 11.6 Å². The number of carboxylic acids is 1. The number of rotatable bonds is 3.